The largest absolute Gasteiger partial charge is 0.484 e. The molecule has 2 aromatic heterocycles. The van der Waals surface area contributed by atoms with Crippen molar-refractivity contribution in [3.05, 3.63) is 88.8 Å². The van der Waals surface area contributed by atoms with Crippen molar-refractivity contribution in [3.63, 3.8) is 0 Å². The van der Waals surface area contributed by atoms with Crippen LogP contribution in [-0.2, 0) is 4.79 Å². The Labute approximate surface area is 182 Å². The molecule has 0 aliphatic rings. The number of carbonyl (C=O) groups is 1. The van der Waals surface area contributed by atoms with Crippen LogP contribution >= 0.6 is 0 Å². The molecule has 0 unspecified atom stereocenters. The number of fused-ring (bicyclic) bond motifs is 2. The summed E-state index contributed by atoms with van der Waals surface area (Å²) in [5, 5.41) is 3.70. The summed E-state index contributed by atoms with van der Waals surface area (Å²) < 4.78 is 10.9. The molecule has 2 N–H and O–H groups in total. The van der Waals surface area contributed by atoms with Crippen molar-refractivity contribution in [2.24, 2.45) is 0 Å². The van der Waals surface area contributed by atoms with Gasteiger partial charge in [0.2, 0.25) is 0 Å². The second-order valence-electron chi connectivity index (χ2n) is 7.39. The number of nitrogens with zero attached hydrogens (tertiary/aromatic N) is 1. The first-order valence-electron chi connectivity index (χ1n) is 10.1. The van der Waals surface area contributed by atoms with Gasteiger partial charge >= 0.3 is 5.63 Å². The number of benzene rings is 3. The second kappa shape index (κ2) is 8.03. The number of amides is 1. The zero-order chi connectivity index (χ0) is 22.1. The van der Waals surface area contributed by atoms with E-state index in [0.717, 1.165) is 27.5 Å². The number of hydrogen-bond acceptors (Lipinski definition) is 5. The van der Waals surface area contributed by atoms with Gasteiger partial charge in [0.1, 0.15) is 17.2 Å². The zero-order valence-corrected chi connectivity index (χ0v) is 17.2. The fourth-order valence-electron chi connectivity index (χ4n) is 3.61. The van der Waals surface area contributed by atoms with Crippen molar-refractivity contribution in [2.45, 2.75) is 6.92 Å². The molecule has 7 nitrogen and oxygen atoms in total. The highest BCUT2D eigenvalue weighted by atomic mass is 16.5. The predicted molar refractivity (Wildman–Crippen MR) is 123 cm³/mol. The first kappa shape index (κ1) is 19.6. The molecular formula is C25H19N3O4. The lowest BCUT2D eigenvalue weighted by Crippen LogP contribution is -2.20. The fraction of sp³-hybridized carbons (Fsp3) is 0.0800. The number of para-hydroxylation sites is 3. The van der Waals surface area contributed by atoms with Crippen molar-refractivity contribution < 1.29 is 13.9 Å². The maximum Gasteiger partial charge on any atom is 0.336 e. The highest BCUT2D eigenvalue weighted by Crippen LogP contribution is 2.27. The van der Waals surface area contributed by atoms with Crippen LogP contribution in [0.2, 0.25) is 0 Å². The van der Waals surface area contributed by atoms with Crippen LogP contribution in [0.15, 0.2) is 82.0 Å². The van der Waals surface area contributed by atoms with Crippen LogP contribution in [0.5, 0.6) is 5.75 Å². The first-order valence-corrected chi connectivity index (χ1v) is 10.1. The van der Waals surface area contributed by atoms with Gasteiger partial charge in [0.05, 0.1) is 16.7 Å². The van der Waals surface area contributed by atoms with Gasteiger partial charge < -0.3 is 19.5 Å². The third kappa shape index (κ3) is 3.83. The summed E-state index contributed by atoms with van der Waals surface area (Å²) in [6, 6.07) is 21.8. The van der Waals surface area contributed by atoms with Crippen molar-refractivity contribution >= 4 is 33.6 Å². The number of nitrogens with one attached hydrogen (secondary N) is 2. The lowest BCUT2D eigenvalue weighted by molar-refractivity contribution is -0.118. The first-order chi connectivity index (χ1) is 15.6. The SMILES string of the molecule is Cc1cc(=O)oc2cc(OCC(=O)Nc3ccccc3-c3nc4ccccc4[nH]3)ccc12. The Morgan fingerprint density at radius 3 is 2.75 bits per heavy atom. The molecule has 0 bridgehead atoms. The van der Waals surface area contributed by atoms with E-state index in [1.54, 1.807) is 18.2 Å². The smallest absolute Gasteiger partial charge is 0.336 e. The number of aryl methyl sites for hydroxylation is 1. The molecule has 0 aliphatic carbocycles. The highest BCUT2D eigenvalue weighted by molar-refractivity contribution is 5.96. The Kier molecular flexibility index (Phi) is 4.91. The van der Waals surface area contributed by atoms with Crippen molar-refractivity contribution in [1.29, 1.82) is 0 Å². The van der Waals surface area contributed by atoms with E-state index in [1.807, 2.05) is 55.5 Å². The summed E-state index contributed by atoms with van der Waals surface area (Å²) in [4.78, 5) is 32.1. The molecule has 2 heterocycles. The van der Waals surface area contributed by atoms with Crippen LogP contribution in [0.25, 0.3) is 33.4 Å². The lowest BCUT2D eigenvalue weighted by atomic mass is 10.1. The molecule has 0 atom stereocenters. The Morgan fingerprint density at radius 2 is 1.88 bits per heavy atom. The topological polar surface area (TPSA) is 97.2 Å². The van der Waals surface area contributed by atoms with Gasteiger partial charge in [0, 0.05) is 23.1 Å². The van der Waals surface area contributed by atoms with Crippen molar-refractivity contribution in [3.8, 4) is 17.1 Å². The zero-order valence-electron chi connectivity index (χ0n) is 17.2. The number of H-pyrrole nitrogens is 1. The number of aromatic amines is 1. The van der Waals surface area contributed by atoms with Crippen molar-refractivity contribution in [1.82, 2.24) is 9.97 Å². The van der Waals surface area contributed by atoms with Crippen LogP contribution in [0, 0.1) is 6.92 Å². The minimum absolute atomic E-state index is 0.198. The minimum atomic E-state index is -0.424. The molecule has 0 saturated heterocycles. The molecule has 7 heteroatoms. The monoisotopic (exact) mass is 425 g/mol. The Balaban J connectivity index is 1.33. The number of rotatable bonds is 5. The predicted octanol–water partition coefficient (Wildman–Crippen LogP) is 4.66. The summed E-state index contributed by atoms with van der Waals surface area (Å²) in [6.07, 6.45) is 0. The van der Waals surface area contributed by atoms with E-state index in [1.165, 1.54) is 6.07 Å². The second-order valence-corrected chi connectivity index (χ2v) is 7.39. The van der Waals surface area contributed by atoms with Gasteiger partial charge in [-0.3, -0.25) is 4.79 Å². The Bertz CT molecular complexity index is 1480. The maximum atomic E-state index is 12.6. The highest BCUT2D eigenvalue weighted by Gasteiger charge is 2.13. The minimum Gasteiger partial charge on any atom is -0.484 e. The molecule has 0 radical (unpaired) electrons. The van der Waals surface area contributed by atoms with Gasteiger partial charge in [-0.1, -0.05) is 24.3 Å². The van der Waals surface area contributed by atoms with Gasteiger partial charge in [-0.05, 0) is 48.9 Å². The number of aromatic nitrogens is 2. The quantitative estimate of drug-likeness (QED) is 0.399. The Morgan fingerprint density at radius 1 is 1.06 bits per heavy atom. The van der Waals surface area contributed by atoms with Crippen molar-refractivity contribution in [2.75, 3.05) is 11.9 Å². The molecular weight excluding hydrogens is 406 g/mol. The number of carbonyl (C=O) groups excluding carboxylic acids is 1. The molecule has 32 heavy (non-hydrogen) atoms. The number of imidazole rings is 1. The van der Waals surface area contributed by atoms with E-state index < -0.39 is 5.63 Å². The molecule has 1 amide bonds. The molecule has 5 aromatic rings. The number of hydrogen-bond donors (Lipinski definition) is 2. The summed E-state index contributed by atoms with van der Waals surface area (Å²) in [6.45, 7) is 1.64. The van der Waals surface area contributed by atoms with Gasteiger partial charge in [-0.25, -0.2) is 9.78 Å². The van der Waals surface area contributed by atoms with Gasteiger partial charge in [-0.2, -0.15) is 0 Å². The fourth-order valence-corrected chi connectivity index (χ4v) is 3.61. The molecule has 0 aliphatic heterocycles. The van der Waals surface area contributed by atoms with Crippen LogP contribution in [0.4, 0.5) is 5.69 Å². The third-order valence-corrected chi connectivity index (χ3v) is 5.14. The van der Waals surface area contributed by atoms with Crippen LogP contribution in [0.1, 0.15) is 5.56 Å². The molecule has 158 valence electrons. The molecule has 0 saturated carbocycles. The van der Waals surface area contributed by atoms with Crippen LogP contribution < -0.4 is 15.7 Å². The van der Waals surface area contributed by atoms with Gasteiger partial charge in [-0.15, -0.1) is 0 Å². The molecule has 3 aromatic carbocycles. The molecule has 5 rings (SSSR count). The van der Waals surface area contributed by atoms with E-state index >= 15 is 0 Å². The summed E-state index contributed by atoms with van der Waals surface area (Å²) in [5.74, 6) is 0.786. The summed E-state index contributed by atoms with van der Waals surface area (Å²) in [7, 11) is 0. The van der Waals surface area contributed by atoms with Gasteiger partial charge in [0.15, 0.2) is 6.61 Å². The third-order valence-electron chi connectivity index (χ3n) is 5.14. The maximum absolute atomic E-state index is 12.6. The van der Waals surface area contributed by atoms with Gasteiger partial charge in [0.25, 0.3) is 5.91 Å². The number of ether oxygens (including phenoxy) is 1. The van der Waals surface area contributed by atoms with E-state index in [9.17, 15) is 9.59 Å². The molecule has 0 fully saturated rings. The molecule has 0 spiro atoms. The Hall–Kier alpha value is -4.39. The van der Waals surface area contributed by atoms with E-state index in [0.29, 0.717) is 22.8 Å². The summed E-state index contributed by atoms with van der Waals surface area (Å²) in [5.41, 5.74) is 3.99. The van der Waals surface area contributed by atoms with Crippen LogP contribution in [-0.4, -0.2) is 22.5 Å². The van der Waals surface area contributed by atoms with E-state index in [2.05, 4.69) is 15.3 Å². The van der Waals surface area contributed by atoms with Crippen LogP contribution in [0.3, 0.4) is 0 Å². The lowest BCUT2D eigenvalue weighted by Gasteiger charge is -2.11. The van der Waals surface area contributed by atoms with E-state index in [-0.39, 0.29) is 12.5 Å². The average molecular weight is 425 g/mol. The van der Waals surface area contributed by atoms with E-state index in [4.69, 9.17) is 9.15 Å². The normalized spacial score (nSPS) is 11.0. The summed E-state index contributed by atoms with van der Waals surface area (Å²) >= 11 is 0. The number of anilines is 1. The standard InChI is InChI=1S/C25H19N3O4/c1-15-12-24(30)32-22-13-16(10-11-17(15)22)31-14-23(29)26-19-7-3-2-6-18(19)25-27-20-8-4-5-9-21(20)28-25/h2-13H,14H2,1H3,(H,26,29)(H,27,28). The average Bonchev–Trinajstić information content (AvgIpc) is 3.22.